The average Bonchev–Trinajstić information content (AvgIpc) is 1.98. The van der Waals surface area contributed by atoms with Crippen LogP contribution in [0.4, 0.5) is 22.0 Å². The first-order valence-electron chi connectivity index (χ1n) is 3.84. The van der Waals surface area contributed by atoms with E-state index in [0.717, 1.165) is 0 Å². The molecule has 0 aliphatic heterocycles. The second kappa shape index (κ2) is 3.96. The molecule has 6 heteroatoms. The minimum atomic E-state index is -4.68. The van der Waals surface area contributed by atoms with Crippen molar-refractivity contribution in [3.05, 3.63) is 35.4 Å². The number of carbonyl (C=O) groups excluding carboxylic acids is 1. The van der Waals surface area contributed by atoms with Gasteiger partial charge in [-0.1, -0.05) is 0 Å². The van der Waals surface area contributed by atoms with Gasteiger partial charge in [-0.15, -0.1) is 0 Å². The minimum Gasteiger partial charge on any atom is -0.294 e. The van der Waals surface area contributed by atoms with Crippen molar-refractivity contribution in [2.24, 2.45) is 0 Å². The number of benzene rings is 1. The Balaban J connectivity index is 2.92. The van der Waals surface area contributed by atoms with E-state index in [1.165, 1.54) is 0 Å². The van der Waals surface area contributed by atoms with Gasteiger partial charge in [-0.25, -0.2) is 8.78 Å². The summed E-state index contributed by atoms with van der Waals surface area (Å²) in [6.07, 6.45) is -6.41. The summed E-state index contributed by atoms with van der Waals surface area (Å²) in [5.74, 6) is -3.53. The summed E-state index contributed by atoms with van der Waals surface area (Å²) in [6.45, 7) is 0. The highest BCUT2D eigenvalue weighted by Crippen LogP contribution is 2.22. The summed E-state index contributed by atoms with van der Waals surface area (Å²) in [5.41, 5.74) is -0.621. The number of alkyl halides is 3. The number of hydrogen-bond acceptors (Lipinski definition) is 1. The second-order valence-electron chi connectivity index (χ2n) is 2.87. The number of hydrogen-bond donors (Lipinski definition) is 0. The van der Waals surface area contributed by atoms with E-state index in [1.54, 1.807) is 0 Å². The predicted octanol–water partition coefficient (Wildman–Crippen LogP) is 3.10. The van der Waals surface area contributed by atoms with Crippen LogP contribution in [0, 0.1) is 11.6 Å². The van der Waals surface area contributed by atoms with E-state index in [9.17, 15) is 26.7 Å². The second-order valence-corrected chi connectivity index (χ2v) is 2.87. The largest absolute Gasteiger partial charge is 0.396 e. The third-order valence-corrected chi connectivity index (χ3v) is 1.55. The topological polar surface area (TPSA) is 17.1 Å². The molecule has 0 spiro atoms. The van der Waals surface area contributed by atoms with Crippen molar-refractivity contribution in [2.75, 3.05) is 0 Å². The highest BCUT2D eigenvalue weighted by molar-refractivity contribution is 5.96. The molecule has 0 aliphatic rings. The summed E-state index contributed by atoms with van der Waals surface area (Å²) >= 11 is 0. The lowest BCUT2D eigenvalue weighted by atomic mass is 10.1. The van der Waals surface area contributed by atoms with E-state index in [0.29, 0.717) is 18.2 Å². The zero-order valence-electron chi connectivity index (χ0n) is 7.24. The van der Waals surface area contributed by atoms with Crippen molar-refractivity contribution in [1.29, 1.82) is 0 Å². The van der Waals surface area contributed by atoms with Gasteiger partial charge < -0.3 is 0 Å². The first-order valence-corrected chi connectivity index (χ1v) is 3.84. The van der Waals surface area contributed by atoms with Gasteiger partial charge >= 0.3 is 6.18 Å². The molecule has 1 nitrogen and oxygen atoms in total. The van der Waals surface area contributed by atoms with Gasteiger partial charge in [0, 0.05) is 11.6 Å². The maximum atomic E-state index is 12.5. The Bertz CT molecular complexity index is 362. The van der Waals surface area contributed by atoms with Gasteiger partial charge in [0.25, 0.3) is 0 Å². The fraction of sp³-hybridized carbons (Fsp3) is 0.222. The van der Waals surface area contributed by atoms with Crippen molar-refractivity contribution in [1.82, 2.24) is 0 Å². The van der Waals surface area contributed by atoms with Crippen LogP contribution in [0.15, 0.2) is 18.2 Å². The van der Waals surface area contributed by atoms with Crippen molar-refractivity contribution < 1.29 is 26.7 Å². The summed E-state index contributed by atoms with van der Waals surface area (Å²) < 4.78 is 60.4. The van der Waals surface area contributed by atoms with Gasteiger partial charge in [0.15, 0.2) is 5.78 Å². The molecule has 0 heterocycles. The molecule has 0 aliphatic carbocycles. The van der Waals surface area contributed by atoms with E-state index < -0.39 is 35.6 Å². The maximum absolute atomic E-state index is 12.5. The van der Waals surface area contributed by atoms with Crippen LogP contribution in [0.2, 0.25) is 0 Å². The molecule has 0 bridgehead atoms. The normalized spacial score (nSPS) is 11.5. The van der Waals surface area contributed by atoms with Crippen molar-refractivity contribution in [2.45, 2.75) is 12.6 Å². The molecule has 0 N–H and O–H groups in total. The Kier molecular flexibility index (Phi) is 3.06. The van der Waals surface area contributed by atoms with Crippen molar-refractivity contribution >= 4 is 5.78 Å². The molecule has 82 valence electrons. The lowest BCUT2D eigenvalue weighted by Crippen LogP contribution is -2.15. The van der Waals surface area contributed by atoms with Crippen LogP contribution < -0.4 is 0 Å². The Morgan fingerprint density at radius 2 is 1.53 bits per heavy atom. The van der Waals surface area contributed by atoms with Gasteiger partial charge in [0.2, 0.25) is 0 Å². The van der Waals surface area contributed by atoms with Gasteiger partial charge in [-0.2, -0.15) is 13.2 Å². The summed E-state index contributed by atoms with van der Waals surface area (Å²) in [6, 6.07) is 1.61. The molecular formula is C9H5F5O. The predicted molar refractivity (Wildman–Crippen MR) is 41.4 cm³/mol. The molecule has 1 aromatic rings. The standard InChI is InChI=1S/C9H5F5O/c10-6-1-5(2-7(11)3-6)8(15)4-9(12,13)14/h1-3H,4H2. The Morgan fingerprint density at radius 3 is 1.93 bits per heavy atom. The molecular weight excluding hydrogens is 219 g/mol. The van der Waals surface area contributed by atoms with E-state index in [4.69, 9.17) is 0 Å². The number of ketones is 1. The molecule has 0 radical (unpaired) electrons. The number of carbonyl (C=O) groups is 1. The first kappa shape index (κ1) is 11.6. The molecule has 0 saturated heterocycles. The Hall–Kier alpha value is -1.46. The van der Waals surface area contributed by atoms with Crippen LogP contribution in [0.1, 0.15) is 16.8 Å². The lowest BCUT2D eigenvalue weighted by Gasteiger charge is -2.05. The van der Waals surface area contributed by atoms with Crippen LogP contribution in [0.3, 0.4) is 0 Å². The third kappa shape index (κ3) is 3.65. The molecule has 15 heavy (non-hydrogen) atoms. The van der Waals surface area contributed by atoms with Crippen LogP contribution in [-0.4, -0.2) is 12.0 Å². The maximum Gasteiger partial charge on any atom is 0.396 e. The summed E-state index contributed by atoms with van der Waals surface area (Å²) in [7, 11) is 0. The first-order chi connectivity index (χ1) is 6.78. The average molecular weight is 224 g/mol. The van der Waals surface area contributed by atoms with E-state index in [2.05, 4.69) is 0 Å². The summed E-state index contributed by atoms with van der Waals surface area (Å²) in [5, 5.41) is 0. The van der Waals surface area contributed by atoms with Crippen LogP contribution in [-0.2, 0) is 0 Å². The van der Waals surface area contributed by atoms with E-state index in [1.807, 2.05) is 0 Å². The van der Waals surface area contributed by atoms with Crippen molar-refractivity contribution in [3.63, 3.8) is 0 Å². The van der Waals surface area contributed by atoms with Gasteiger partial charge in [0.1, 0.15) is 18.1 Å². The molecule has 0 fully saturated rings. The van der Waals surface area contributed by atoms with Crippen LogP contribution in [0.25, 0.3) is 0 Å². The smallest absolute Gasteiger partial charge is 0.294 e. The van der Waals surface area contributed by atoms with Crippen LogP contribution in [0.5, 0.6) is 0 Å². The van der Waals surface area contributed by atoms with E-state index in [-0.39, 0.29) is 0 Å². The molecule has 1 aromatic carbocycles. The van der Waals surface area contributed by atoms with Crippen LogP contribution >= 0.6 is 0 Å². The molecule has 0 aromatic heterocycles. The van der Waals surface area contributed by atoms with Gasteiger partial charge in [-0.05, 0) is 12.1 Å². The highest BCUT2D eigenvalue weighted by Gasteiger charge is 2.31. The Labute approximate surface area is 81.5 Å². The highest BCUT2D eigenvalue weighted by atomic mass is 19.4. The fourth-order valence-corrected chi connectivity index (χ4v) is 0.999. The van der Waals surface area contributed by atoms with Crippen molar-refractivity contribution in [3.8, 4) is 0 Å². The lowest BCUT2D eigenvalue weighted by molar-refractivity contribution is -0.125. The third-order valence-electron chi connectivity index (χ3n) is 1.55. The number of Topliss-reactive ketones (excluding diaryl/α,β-unsaturated/α-hetero) is 1. The summed E-state index contributed by atoms with van der Waals surface area (Å²) in [4.78, 5) is 10.9. The Morgan fingerprint density at radius 1 is 1.07 bits per heavy atom. The number of rotatable bonds is 2. The van der Waals surface area contributed by atoms with E-state index >= 15 is 0 Å². The molecule has 0 saturated carbocycles. The SMILES string of the molecule is O=C(CC(F)(F)F)c1cc(F)cc(F)c1. The molecule has 0 atom stereocenters. The number of halogens is 5. The zero-order chi connectivity index (χ0) is 11.6. The quantitative estimate of drug-likeness (QED) is 0.557. The molecule has 0 unspecified atom stereocenters. The van der Waals surface area contributed by atoms with Gasteiger partial charge in [0.05, 0.1) is 0 Å². The molecule has 0 amide bonds. The zero-order valence-corrected chi connectivity index (χ0v) is 7.24. The molecule has 1 rings (SSSR count). The van der Waals surface area contributed by atoms with Gasteiger partial charge in [-0.3, -0.25) is 4.79 Å². The monoisotopic (exact) mass is 224 g/mol. The minimum absolute atomic E-state index is 0.477. The fourth-order valence-electron chi connectivity index (χ4n) is 0.999.